The third-order valence-corrected chi connectivity index (χ3v) is 3.48. The molecule has 0 N–H and O–H groups in total. The van der Waals surface area contributed by atoms with Gasteiger partial charge in [0.15, 0.2) is 6.17 Å². The van der Waals surface area contributed by atoms with Gasteiger partial charge < -0.3 is 4.74 Å². The summed E-state index contributed by atoms with van der Waals surface area (Å²) in [6.07, 6.45) is 13.4. The molecule has 0 spiro atoms. The lowest BCUT2D eigenvalue weighted by Crippen LogP contribution is -1.98. The number of unbranched alkanes of at least 4 members (excludes halogenated alkanes) is 7. The Balaban J connectivity index is 3.42. The van der Waals surface area contributed by atoms with Crippen molar-refractivity contribution >= 4 is 5.97 Å². The first-order valence-electron chi connectivity index (χ1n) is 8.57. The van der Waals surface area contributed by atoms with Crippen LogP contribution in [0.1, 0.15) is 77.6 Å². The van der Waals surface area contributed by atoms with Crippen molar-refractivity contribution in [3.63, 3.8) is 0 Å². The van der Waals surface area contributed by atoms with Gasteiger partial charge in [0.2, 0.25) is 0 Å². The maximum Gasteiger partial charge on any atom is 0.305 e. The molecule has 2 nitrogen and oxygen atoms in total. The first-order valence-corrected chi connectivity index (χ1v) is 8.57. The van der Waals surface area contributed by atoms with Crippen LogP contribution >= 0.6 is 0 Å². The summed E-state index contributed by atoms with van der Waals surface area (Å²) in [5.41, 5.74) is 0. The molecule has 3 heteroatoms. The Morgan fingerprint density at radius 1 is 1.14 bits per heavy atom. The molecular formula is C19H31FO2. The highest BCUT2D eigenvalue weighted by atomic mass is 19.1. The topological polar surface area (TPSA) is 26.3 Å². The van der Waals surface area contributed by atoms with E-state index in [1.165, 1.54) is 7.11 Å². The van der Waals surface area contributed by atoms with E-state index in [-0.39, 0.29) is 5.97 Å². The molecule has 0 unspecified atom stereocenters. The van der Waals surface area contributed by atoms with Crippen LogP contribution in [0.25, 0.3) is 0 Å². The van der Waals surface area contributed by atoms with Gasteiger partial charge in [0.1, 0.15) is 0 Å². The number of hydrogen-bond donors (Lipinski definition) is 0. The van der Waals surface area contributed by atoms with Crippen molar-refractivity contribution in [3.8, 4) is 11.8 Å². The van der Waals surface area contributed by atoms with Crippen molar-refractivity contribution in [3.05, 3.63) is 12.2 Å². The van der Waals surface area contributed by atoms with Crippen molar-refractivity contribution in [2.75, 3.05) is 7.11 Å². The number of alkyl halides is 1. The van der Waals surface area contributed by atoms with E-state index >= 15 is 0 Å². The van der Waals surface area contributed by atoms with Crippen molar-refractivity contribution < 1.29 is 13.9 Å². The van der Waals surface area contributed by atoms with Gasteiger partial charge in [-0.1, -0.05) is 56.9 Å². The summed E-state index contributed by atoms with van der Waals surface area (Å²) in [7, 11) is 1.42. The van der Waals surface area contributed by atoms with E-state index < -0.39 is 6.17 Å². The highest BCUT2D eigenvalue weighted by Crippen LogP contribution is 2.08. The molecule has 0 saturated carbocycles. The standard InChI is InChI=1S/C19H31FO2/c1-3-4-12-15-18(20)16-13-10-8-6-5-7-9-11-14-17-19(21)22-2/h8,10,18H,3-7,9,11-12,14-15,17H2,1-2H3/b10-8-/t18-/m1/s1. The quantitative estimate of drug-likeness (QED) is 0.275. The Morgan fingerprint density at radius 3 is 2.59 bits per heavy atom. The number of methoxy groups -OCH3 is 1. The number of ether oxygens (including phenoxy) is 1. The van der Waals surface area contributed by atoms with Crippen LogP contribution in [0, 0.1) is 11.8 Å². The van der Waals surface area contributed by atoms with E-state index in [1.54, 1.807) is 6.08 Å². The lowest BCUT2D eigenvalue weighted by molar-refractivity contribution is -0.140. The fourth-order valence-electron chi connectivity index (χ4n) is 2.09. The summed E-state index contributed by atoms with van der Waals surface area (Å²) in [5.74, 6) is 5.29. The zero-order chi connectivity index (χ0) is 16.5. The minimum atomic E-state index is -0.981. The van der Waals surface area contributed by atoms with E-state index in [0.717, 1.165) is 57.8 Å². The summed E-state index contributed by atoms with van der Waals surface area (Å²) in [5, 5.41) is 0. The highest BCUT2D eigenvalue weighted by molar-refractivity contribution is 5.68. The molecule has 0 radical (unpaired) electrons. The zero-order valence-electron chi connectivity index (χ0n) is 14.2. The summed E-state index contributed by atoms with van der Waals surface area (Å²) in [6, 6.07) is 0. The van der Waals surface area contributed by atoms with Gasteiger partial charge in [0.05, 0.1) is 7.11 Å². The Morgan fingerprint density at radius 2 is 1.86 bits per heavy atom. The molecule has 0 aliphatic rings. The SMILES string of the molecule is CCCCC[C@@H](F)C#C/C=C\CCCCCCCC(=O)OC. The predicted molar refractivity (Wildman–Crippen MR) is 90.3 cm³/mol. The van der Waals surface area contributed by atoms with E-state index in [2.05, 4.69) is 23.5 Å². The van der Waals surface area contributed by atoms with Gasteiger partial charge in [-0.15, -0.1) is 0 Å². The van der Waals surface area contributed by atoms with Gasteiger partial charge in [-0.3, -0.25) is 4.79 Å². The van der Waals surface area contributed by atoms with Crippen LogP contribution in [-0.2, 0) is 9.53 Å². The molecule has 1 atom stereocenters. The van der Waals surface area contributed by atoms with Crippen LogP contribution in [0.5, 0.6) is 0 Å². The summed E-state index contributed by atoms with van der Waals surface area (Å²) in [4.78, 5) is 10.9. The normalized spacial score (nSPS) is 12.0. The van der Waals surface area contributed by atoms with Gasteiger partial charge >= 0.3 is 5.97 Å². The maximum atomic E-state index is 13.3. The molecule has 0 fully saturated rings. The molecule has 22 heavy (non-hydrogen) atoms. The van der Waals surface area contributed by atoms with Crippen LogP contribution in [0.2, 0.25) is 0 Å². The number of hydrogen-bond acceptors (Lipinski definition) is 2. The Bertz CT molecular complexity index is 352. The number of rotatable bonds is 12. The van der Waals surface area contributed by atoms with Crippen molar-refractivity contribution in [1.29, 1.82) is 0 Å². The molecule has 0 rings (SSSR count). The van der Waals surface area contributed by atoms with Gasteiger partial charge in [-0.2, -0.15) is 0 Å². The lowest BCUT2D eigenvalue weighted by Gasteiger charge is -1.99. The van der Waals surface area contributed by atoms with Gasteiger partial charge in [-0.25, -0.2) is 4.39 Å². The second-order valence-electron chi connectivity index (χ2n) is 5.54. The number of allylic oxidation sites excluding steroid dienone is 2. The fraction of sp³-hybridized carbons (Fsp3) is 0.737. The predicted octanol–water partition coefficient (Wildman–Crippen LogP) is 5.37. The van der Waals surface area contributed by atoms with E-state index in [9.17, 15) is 9.18 Å². The van der Waals surface area contributed by atoms with Crippen LogP contribution in [0.3, 0.4) is 0 Å². The number of carbonyl (C=O) groups is 1. The summed E-state index contributed by atoms with van der Waals surface area (Å²) >= 11 is 0. The molecule has 0 aromatic heterocycles. The number of halogens is 1. The average Bonchev–Trinajstić information content (AvgIpc) is 2.52. The van der Waals surface area contributed by atoms with E-state index in [4.69, 9.17) is 0 Å². The van der Waals surface area contributed by atoms with Crippen molar-refractivity contribution in [1.82, 2.24) is 0 Å². The van der Waals surface area contributed by atoms with Gasteiger partial charge in [0, 0.05) is 6.42 Å². The average molecular weight is 310 g/mol. The molecule has 0 aromatic rings. The molecule has 126 valence electrons. The molecule has 0 aliphatic carbocycles. The Hall–Kier alpha value is -1.30. The minimum absolute atomic E-state index is 0.123. The van der Waals surface area contributed by atoms with Crippen molar-refractivity contribution in [2.24, 2.45) is 0 Å². The zero-order valence-corrected chi connectivity index (χ0v) is 14.2. The first kappa shape index (κ1) is 20.7. The molecule has 0 saturated heterocycles. The van der Waals surface area contributed by atoms with Crippen LogP contribution in [-0.4, -0.2) is 19.3 Å². The van der Waals surface area contributed by atoms with E-state index in [0.29, 0.717) is 12.8 Å². The molecule has 0 amide bonds. The monoisotopic (exact) mass is 310 g/mol. The van der Waals surface area contributed by atoms with Crippen LogP contribution in [0.15, 0.2) is 12.2 Å². The first-order chi connectivity index (χ1) is 10.7. The molecule has 0 aliphatic heterocycles. The maximum absolute atomic E-state index is 13.3. The number of carbonyl (C=O) groups excluding carboxylic acids is 1. The van der Waals surface area contributed by atoms with Crippen LogP contribution < -0.4 is 0 Å². The van der Waals surface area contributed by atoms with Crippen molar-refractivity contribution in [2.45, 2.75) is 83.7 Å². The Kier molecular flexibility index (Phi) is 15.1. The van der Waals surface area contributed by atoms with E-state index in [1.807, 2.05) is 6.08 Å². The Labute approximate surface area is 135 Å². The van der Waals surface area contributed by atoms with Gasteiger partial charge in [0.25, 0.3) is 0 Å². The highest BCUT2D eigenvalue weighted by Gasteiger charge is 1.99. The third-order valence-electron chi connectivity index (χ3n) is 3.48. The second kappa shape index (κ2) is 16.1. The second-order valence-corrected chi connectivity index (χ2v) is 5.54. The largest absolute Gasteiger partial charge is 0.469 e. The van der Waals surface area contributed by atoms with Gasteiger partial charge in [-0.05, 0) is 38.2 Å². The fourth-order valence-corrected chi connectivity index (χ4v) is 2.09. The molecular weight excluding hydrogens is 279 g/mol. The summed E-state index contributed by atoms with van der Waals surface area (Å²) in [6.45, 7) is 2.11. The summed E-state index contributed by atoms with van der Waals surface area (Å²) < 4.78 is 17.9. The number of esters is 1. The molecule has 0 aromatic carbocycles. The minimum Gasteiger partial charge on any atom is -0.469 e. The van der Waals surface area contributed by atoms with Crippen LogP contribution in [0.4, 0.5) is 4.39 Å². The molecule has 0 bridgehead atoms. The lowest BCUT2D eigenvalue weighted by atomic mass is 10.1. The molecule has 0 heterocycles. The smallest absolute Gasteiger partial charge is 0.305 e. The third kappa shape index (κ3) is 15.1.